The number of rotatable bonds is 6. The van der Waals surface area contributed by atoms with Crippen LogP contribution in [0.1, 0.15) is 28.9 Å². The van der Waals surface area contributed by atoms with E-state index in [0.29, 0.717) is 5.88 Å². The van der Waals surface area contributed by atoms with Gasteiger partial charge >= 0.3 is 0 Å². The monoisotopic (exact) mass is 309 g/mol. The van der Waals surface area contributed by atoms with Gasteiger partial charge in [-0.05, 0) is 40.2 Å². The van der Waals surface area contributed by atoms with Gasteiger partial charge in [-0.3, -0.25) is 4.79 Å². The Kier molecular flexibility index (Phi) is 6.29. The Balaban J connectivity index is 2.22. The molecule has 1 N–H and O–H groups in total. The summed E-state index contributed by atoms with van der Waals surface area (Å²) in [5.74, 6) is 0.701. The summed E-state index contributed by atoms with van der Waals surface area (Å²) < 4.78 is 0.866. The quantitative estimate of drug-likeness (QED) is 0.630. The molecule has 0 aromatic carbocycles. The second kappa shape index (κ2) is 7.25. The summed E-state index contributed by atoms with van der Waals surface area (Å²) in [7, 11) is 0. The highest BCUT2D eigenvalue weighted by atomic mass is 79.9. The molecule has 5 heteroatoms. The molecule has 0 atom stereocenters. The molecule has 0 aliphatic heterocycles. The van der Waals surface area contributed by atoms with Crippen LogP contribution in [0.5, 0.6) is 0 Å². The zero-order chi connectivity index (χ0) is 11.1. The van der Waals surface area contributed by atoms with E-state index in [2.05, 4.69) is 21.2 Å². The van der Waals surface area contributed by atoms with E-state index in [1.54, 1.807) is 0 Å². The van der Waals surface area contributed by atoms with Gasteiger partial charge in [0.25, 0.3) is 5.91 Å². The number of amides is 1. The highest BCUT2D eigenvalue weighted by Gasteiger charge is 2.09. The molecule has 0 aliphatic rings. The summed E-state index contributed by atoms with van der Waals surface area (Å²) in [4.78, 5) is 12.3. The van der Waals surface area contributed by atoms with Crippen LogP contribution < -0.4 is 5.32 Å². The van der Waals surface area contributed by atoms with E-state index < -0.39 is 0 Å². The smallest absolute Gasteiger partial charge is 0.262 e. The van der Waals surface area contributed by atoms with Gasteiger partial charge in [0.15, 0.2) is 0 Å². The van der Waals surface area contributed by atoms with Gasteiger partial charge in [0, 0.05) is 16.9 Å². The molecule has 84 valence electrons. The number of carbonyl (C=O) groups excluding carboxylic acids is 1. The highest BCUT2D eigenvalue weighted by Crippen LogP contribution is 2.22. The highest BCUT2D eigenvalue weighted by molar-refractivity contribution is 9.10. The molecule has 0 bridgehead atoms. The van der Waals surface area contributed by atoms with E-state index in [1.165, 1.54) is 11.3 Å². The van der Waals surface area contributed by atoms with Crippen LogP contribution in [0.3, 0.4) is 0 Å². The maximum Gasteiger partial charge on any atom is 0.262 e. The minimum Gasteiger partial charge on any atom is -0.351 e. The first kappa shape index (κ1) is 13.0. The lowest BCUT2D eigenvalue weighted by Gasteiger charge is -2.03. The molecule has 0 radical (unpaired) electrons. The molecule has 1 aromatic rings. The van der Waals surface area contributed by atoms with Crippen molar-refractivity contribution in [2.75, 3.05) is 12.4 Å². The number of thiophene rings is 1. The number of halogens is 2. The van der Waals surface area contributed by atoms with Crippen molar-refractivity contribution in [3.05, 3.63) is 20.8 Å². The standard InChI is InChI=1S/C10H13BrClNOS/c11-8-4-7-15-9(8)10(14)13-6-3-1-2-5-12/h4,7H,1-3,5-6H2,(H,13,14). The largest absolute Gasteiger partial charge is 0.351 e. The van der Waals surface area contributed by atoms with E-state index >= 15 is 0 Å². The molecule has 1 heterocycles. The fraction of sp³-hybridized carbons (Fsp3) is 0.500. The molecular weight excluding hydrogens is 298 g/mol. The van der Waals surface area contributed by atoms with Crippen molar-refractivity contribution in [1.29, 1.82) is 0 Å². The topological polar surface area (TPSA) is 29.1 Å². The summed E-state index contributed by atoms with van der Waals surface area (Å²) in [5, 5.41) is 4.78. The zero-order valence-corrected chi connectivity index (χ0v) is 11.4. The molecule has 15 heavy (non-hydrogen) atoms. The fourth-order valence-electron chi connectivity index (χ4n) is 1.13. The lowest BCUT2D eigenvalue weighted by Crippen LogP contribution is -2.23. The average Bonchev–Trinajstić information content (AvgIpc) is 2.64. The Labute approximate surface area is 107 Å². The van der Waals surface area contributed by atoms with Crippen molar-refractivity contribution in [3.63, 3.8) is 0 Å². The summed E-state index contributed by atoms with van der Waals surface area (Å²) in [5.41, 5.74) is 0. The molecule has 1 aromatic heterocycles. The van der Waals surface area contributed by atoms with Crippen LogP contribution in [0, 0.1) is 0 Å². The van der Waals surface area contributed by atoms with E-state index in [-0.39, 0.29) is 5.91 Å². The molecule has 0 saturated carbocycles. The maximum atomic E-state index is 11.6. The van der Waals surface area contributed by atoms with Crippen molar-refractivity contribution >= 4 is 44.8 Å². The molecule has 0 fully saturated rings. The number of hydrogen-bond acceptors (Lipinski definition) is 2. The van der Waals surface area contributed by atoms with Crippen molar-refractivity contribution in [2.24, 2.45) is 0 Å². The first-order valence-electron chi connectivity index (χ1n) is 4.83. The van der Waals surface area contributed by atoms with Gasteiger partial charge in [-0.1, -0.05) is 6.42 Å². The molecule has 0 saturated heterocycles. The first-order valence-corrected chi connectivity index (χ1v) is 7.03. The molecule has 0 spiro atoms. The van der Waals surface area contributed by atoms with Gasteiger partial charge in [0.1, 0.15) is 4.88 Å². The van der Waals surface area contributed by atoms with Gasteiger partial charge in [-0.2, -0.15) is 0 Å². The van der Waals surface area contributed by atoms with Crippen molar-refractivity contribution < 1.29 is 4.79 Å². The number of alkyl halides is 1. The fourth-order valence-corrected chi connectivity index (χ4v) is 2.79. The third-order valence-corrected chi connectivity index (χ3v) is 4.02. The van der Waals surface area contributed by atoms with Crippen LogP contribution in [0.25, 0.3) is 0 Å². The Morgan fingerprint density at radius 3 is 2.87 bits per heavy atom. The number of hydrogen-bond donors (Lipinski definition) is 1. The Morgan fingerprint density at radius 1 is 1.47 bits per heavy atom. The summed E-state index contributed by atoms with van der Waals surface area (Å²) in [6.45, 7) is 0.722. The van der Waals surface area contributed by atoms with Crippen LogP contribution in [-0.4, -0.2) is 18.3 Å². The van der Waals surface area contributed by atoms with Crippen LogP contribution in [-0.2, 0) is 0 Å². The van der Waals surface area contributed by atoms with Gasteiger partial charge in [0.05, 0.1) is 0 Å². The molecule has 0 aliphatic carbocycles. The number of carbonyl (C=O) groups is 1. The lowest BCUT2D eigenvalue weighted by atomic mass is 10.2. The maximum absolute atomic E-state index is 11.6. The number of unbranched alkanes of at least 4 members (excludes halogenated alkanes) is 2. The van der Waals surface area contributed by atoms with E-state index in [0.717, 1.165) is 35.2 Å². The second-order valence-corrected chi connectivity index (χ2v) is 5.25. The normalized spacial score (nSPS) is 10.3. The summed E-state index contributed by atoms with van der Waals surface area (Å²) >= 11 is 10.3. The number of nitrogens with one attached hydrogen (secondary N) is 1. The van der Waals surface area contributed by atoms with Crippen LogP contribution in [0.2, 0.25) is 0 Å². The lowest BCUT2D eigenvalue weighted by molar-refractivity contribution is 0.0956. The predicted molar refractivity (Wildman–Crippen MR) is 68.9 cm³/mol. The molecular formula is C10H13BrClNOS. The first-order chi connectivity index (χ1) is 7.25. The third-order valence-electron chi connectivity index (χ3n) is 1.92. The van der Waals surface area contributed by atoms with Gasteiger partial charge in [-0.15, -0.1) is 22.9 Å². The van der Waals surface area contributed by atoms with Crippen LogP contribution >= 0.6 is 38.9 Å². The molecule has 2 nitrogen and oxygen atoms in total. The SMILES string of the molecule is O=C(NCCCCCCl)c1sccc1Br. The Bertz CT molecular complexity index is 316. The van der Waals surface area contributed by atoms with Crippen LogP contribution in [0.15, 0.2) is 15.9 Å². The van der Waals surface area contributed by atoms with Crippen molar-refractivity contribution in [2.45, 2.75) is 19.3 Å². The zero-order valence-electron chi connectivity index (χ0n) is 8.26. The third kappa shape index (κ3) is 4.53. The van der Waals surface area contributed by atoms with Gasteiger partial charge in [-0.25, -0.2) is 0 Å². The average molecular weight is 311 g/mol. The second-order valence-electron chi connectivity index (χ2n) is 3.10. The van der Waals surface area contributed by atoms with Gasteiger partial charge < -0.3 is 5.32 Å². The van der Waals surface area contributed by atoms with Gasteiger partial charge in [0.2, 0.25) is 0 Å². The predicted octanol–water partition coefficient (Wildman–Crippen LogP) is 3.65. The molecule has 1 amide bonds. The molecule has 1 rings (SSSR count). The van der Waals surface area contributed by atoms with E-state index in [1.807, 2.05) is 11.4 Å². The van der Waals surface area contributed by atoms with Crippen LogP contribution in [0.4, 0.5) is 0 Å². The molecule has 0 unspecified atom stereocenters. The Hall–Kier alpha value is -0.0600. The Morgan fingerprint density at radius 2 is 2.27 bits per heavy atom. The van der Waals surface area contributed by atoms with Crippen molar-refractivity contribution in [3.8, 4) is 0 Å². The summed E-state index contributed by atoms with van der Waals surface area (Å²) in [6.07, 6.45) is 3.07. The van der Waals surface area contributed by atoms with Crippen molar-refractivity contribution in [1.82, 2.24) is 5.32 Å². The minimum absolute atomic E-state index is 0.00254. The van der Waals surface area contributed by atoms with E-state index in [4.69, 9.17) is 11.6 Å². The van der Waals surface area contributed by atoms with E-state index in [9.17, 15) is 4.79 Å². The minimum atomic E-state index is 0.00254. The summed E-state index contributed by atoms with van der Waals surface area (Å²) in [6, 6.07) is 1.88.